The van der Waals surface area contributed by atoms with Crippen molar-refractivity contribution in [2.45, 2.75) is 303 Å². The van der Waals surface area contributed by atoms with E-state index in [0.29, 0.717) is 25.7 Å². The first-order valence-corrected chi connectivity index (χ1v) is 34.9. The minimum atomic E-state index is -4.95. The van der Waals surface area contributed by atoms with Crippen molar-refractivity contribution in [1.29, 1.82) is 0 Å². The summed E-state index contributed by atoms with van der Waals surface area (Å²) in [6.45, 7) is 6.98. The molecule has 19 heteroatoms. The van der Waals surface area contributed by atoms with E-state index in [1.807, 2.05) is 0 Å². The molecule has 476 valence electrons. The number of aliphatic hydroxyl groups is 1. The van der Waals surface area contributed by atoms with Gasteiger partial charge in [0.2, 0.25) is 0 Å². The van der Waals surface area contributed by atoms with Gasteiger partial charge in [0.05, 0.1) is 26.4 Å². The first-order chi connectivity index (χ1) is 39.0. The van der Waals surface area contributed by atoms with E-state index in [1.165, 1.54) is 77.0 Å². The van der Waals surface area contributed by atoms with Gasteiger partial charge in [0.1, 0.15) is 19.3 Å². The predicted octanol–water partition coefficient (Wildman–Crippen LogP) is 16.6. The maximum absolute atomic E-state index is 12.9. The van der Waals surface area contributed by atoms with E-state index in [0.717, 1.165) is 128 Å². The monoisotopic (exact) mass is 1190 g/mol. The van der Waals surface area contributed by atoms with Crippen molar-refractivity contribution in [3.63, 3.8) is 0 Å². The molecule has 0 spiro atoms. The number of phosphoric acid groups is 2. The summed E-state index contributed by atoms with van der Waals surface area (Å²) in [6, 6.07) is 0. The molecule has 0 aliphatic heterocycles. The third-order valence-corrected chi connectivity index (χ3v) is 15.6. The molecule has 0 bridgehead atoms. The van der Waals surface area contributed by atoms with Crippen LogP contribution in [0.3, 0.4) is 0 Å². The molecule has 0 aromatic rings. The van der Waals surface area contributed by atoms with Crippen LogP contribution in [-0.4, -0.2) is 96.7 Å². The Hall–Kier alpha value is -2.46. The number of carbonyl (C=O) groups is 4. The first kappa shape index (κ1) is 78.5. The molecule has 5 atom stereocenters. The molecule has 0 saturated heterocycles. The van der Waals surface area contributed by atoms with Gasteiger partial charge in [0.15, 0.2) is 12.2 Å². The molecule has 0 amide bonds. The summed E-state index contributed by atoms with van der Waals surface area (Å²) in [7, 11) is -9.88. The lowest BCUT2D eigenvalue weighted by molar-refractivity contribution is -0.161. The van der Waals surface area contributed by atoms with Crippen LogP contribution in [0.2, 0.25) is 0 Å². The van der Waals surface area contributed by atoms with Gasteiger partial charge >= 0.3 is 39.5 Å². The normalized spacial score (nSPS) is 14.5. The van der Waals surface area contributed by atoms with Gasteiger partial charge in [-0.15, -0.1) is 0 Å². The molecule has 0 aliphatic carbocycles. The summed E-state index contributed by atoms with van der Waals surface area (Å²) in [5.74, 6) is -1.41. The van der Waals surface area contributed by atoms with Crippen molar-refractivity contribution < 1.29 is 80.2 Å². The van der Waals surface area contributed by atoms with Gasteiger partial charge in [-0.3, -0.25) is 37.3 Å². The molecule has 0 heterocycles. The summed E-state index contributed by atoms with van der Waals surface area (Å²) in [5.41, 5.74) is 0. The SMILES string of the molecule is CCCCCC/C=C\C=C/CCCCCCCC(=O)O[C@H](COC(=O)CCCCCCCCCCCCCC(C)C)COP(=O)(O)OC[C@@H](O)COP(=O)(O)OC[C@@H](COC(=O)CCCCCCC)OC(=O)CCCCCCCCC. The van der Waals surface area contributed by atoms with Crippen LogP contribution in [0.25, 0.3) is 0 Å². The Balaban J connectivity index is 5.20. The summed E-state index contributed by atoms with van der Waals surface area (Å²) in [5, 5.41) is 10.5. The van der Waals surface area contributed by atoms with Gasteiger partial charge in [-0.05, 0) is 57.3 Å². The van der Waals surface area contributed by atoms with Gasteiger partial charge in [-0.2, -0.15) is 0 Å². The molecule has 0 rings (SSSR count). The number of ether oxygens (including phenoxy) is 4. The molecule has 81 heavy (non-hydrogen) atoms. The minimum absolute atomic E-state index is 0.0847. The number of carbonyl (C=O) groups excluding carboxylic acids is 4. The predicted molar refractivity (Wildman–Crippen MR) is 321 cm³/mol. The van der Waals surface area contributed by atoms with Crippen LogP contribution in [0, 0.1) is 5.92 Å². The average molecular weight is 1200 g/mol. The van der Waals surface area contributed by atoms with Gasteiger partial charge in [-0.25, -0.2) is 9.13 Å². The lowest BCUT2D eigenvalue weighted by atomic mass is 10.0. The molecular weight excluding hydrogens is 1080 g/mol. The second-order valence-electron chi connectivity index (χ2n) is 22.2. The summed E-state index contributed by atoms with van der Waals surface area (Å²) >= 11 is 0. The Morgan fingerprint density at radius 2 is 0.667 bits per heavy atom. The van der Waals surface area contributed by atoms with Crippen molar-refractivity contribution in [3.8, 4) is 0 Å². The number of allylic oxidation sites excluding steroid dienone is 4. The van der Waals surface area contributed by atoms with E-state index in [4.69, 9.17) is 37.0 Å². The van der Waals surface area contributed by atoms with Crippen molar-refractivity contribution >= 4 is 39.5 Å². The van der Waals surface area contributed by atoms with Crippen LogP contribution in [-0.2, 0) is 65.4 Å². The second-order valence-corrected chi connectivity index (χ2v) is 25.1. The zero-order valence-electron chi connectivity index (χ0n) is 51.4. The molecule has 17 nitrogen and oxygen atoms in total. The van der Waals surface area contributed by atoms with Crippen LogP contribution in [0.15, 0.2) is 24.3 Å². The van der Waals surface area contributed by atoms with Gasteiger partial charge in [0.25, 0.3) is 0 Å². The van der Waals surface area contributed by atoms with E-state index in [9.17, 15) is 43.2 Å². The minimum Gasteiger partial charge on any atom is -0.462 e. The van der Waals surface area contributed by atoms with E-state index < -0.39 is 97.5 Å². The van der Waals surface area contributed by atoms with Crippen molar-refractivity contribution in [1.82, 2.24) is 0 Å². The molecule has 0 aromatic carbocycles. The van der Waals surface area contributed by atoms with Gasteiger partial charge < -0.3 is 33.8 Å². The number of hydrogen-bond donors (Lipinski definition) is 3. The number of esters is 4. The maximum atomic E-state index is 12.9. The number of rotatable bonds is 60. The van der Waals surface area contributed by atoms with Crippen LogP contribution in [0.5, 0.6) is 0 Å². The molecular formula is C62H116O17P2. The largest absolute Gasteiger partial charge is 0.472 e. The van der Waals surface area contributed by atoms with Crippen LogP contribution < -0.4 is 0 Å². The molecule has 0 fully saturated rings. The maximum Gasteiger partial charge on any atom is 0.472 e. The molecule has 3 N–H and O–H groups in total. The highest BCUT2D eigenvalue weighted by atomic mass is 31.2. The number of unbranched alkanes of at least 4 members (excludes halogenated alkanes) is 29. The van der Waals surface area contributed by atoms with Crippen LogP contribution in [0.4, 0.5) is 0 Å². The summed E-state index contributed by atoms with van der Waals surface area (Å²) in [4.78, 5) is 71.7. The van der Waals surface area contributed by atoms with E-state index in [2.05, 4.69) is 58.9 Å². The fraction of sp³-hybridized carbons (Fsp3) is 0.871. The Morgan fingerprint density at radius 1 is 0.383 bits per heavy atom. The third-order valence-electron chi connectivity index (χ3n) is 13.7. The molecule has 0 aromatic heterocycles. The standard InChI is InChI=1S/C62H116O17P2/c1-6-9-12-15-17-18-19-20-21-22-25-29-33-38-43-48-62(67)79-58(52-73-60(65)46-41-36-32-28-26-23-24-27-31-35-39-44-55(4)5)54-77-81(70,71)75-50-56(63)49-74-80(68,69)76-53-57(51-72-59(64)45-40-34-14-11-8-3)78-61(66)47-42-37-30-16-13-10-7-2/h18-21,55-58,63H,6-17,22-54H2,1-5H3,(H,68,69)(H,70,71)/b19-18-,21-20-/t56-,57+,58+/m0/s1. The fourth-order valence-corrected chi connectivity index (χ4v) is 10.3. The molecule has 0 aliphatic rings. The zero-order chi connectivity index (χ0) is 59.9. The van der Waals surface area contributed by atoms with Crippen molar-refractivity contribution in [3.05, 3.63) is 24.3 Å². The Morgan fingerprint density at radius 3 is 1.01 bits per heavy atom. The molecule has 2 unspecified atom stereocenters. The van der Waals surface area contributed by atoms with E-state index >= 15 is 0 Å². The van der Waals surface area contributed by atoms with Gasteiger partial charge in [0, 0.05) is 25.7 Å². The first-order valence-electron chi connectivity index (χ1n) is 32.0. The highest BCUT2D eigenvalue weighted by molar-refractivity contribution is 7.47. The van der Waals surface area contributed by atoms with Crippen molar-refractivity contribution in [2.75, 3.05) is 39.6 Å². The highest BCUT2D eigenvalue weighted by Gasteiger charge is 2.30. The molecule has 0 saturated carbocycles. The lowest BCUT2D eigenvalue weighted by Gasteiger charge is -2.21. The fourth-order valence-electron chi connectivity index (χ4n) is 8.69. The smallest absolute Gasteiger partial charge is 0.462 e. The average Bonchev–Trinajstić information content (AvgIpc) is 3.43. The number of aliphatic hydroxyl groups excluding tert-OH is 1. The second kappa shape index (κ2) is 55.4. The summed E-state index contributed by atoms with van der Waals surface area (Å²) in [6.07, 6.45) is 41.7. The Kier molecular flexibility index (Phi) is 53.7. The van der Waals surface area contributed by atoms with Gasteiger partial charge in [-0.1, -0.05) is 232 Å². The van der Waals surface area contributed by atoms with Crippen LogP contribution in [0.1, 0.15) is 285 Å². The Bertz CT molecular complexity index is 1680. The Labute approximate surface area is 491 Å². The zero-order valence-corrected chi connectivity index (χ0v) is 53.2. The van der Waals surface area contributed by atoms with E-state index in [1.54, 1.807) is 0 Å². The number of hydrogen-bond acceptors (Lipinski definition) is 15. The van der Waals surface area contributed by atoms with Crippen LogP contribution >= 0.6 is 15.6 Å². The molecule has 0 radical (unpaired) electrons. The highest BCUT2D eigenvalue weighted by Crippen LogP contribution is 2.45. The van der Waals surface area contributed by atoms with E-state index in [-0.39, 0.29) is 25.7 Å². The number of phosphoric ester groups is 2. The summed E-state index contributed by atoms with van der Waals surface area (Å²) < 4.78 is 67.6. The third kappa shape index (κ3) is 56.4. The quantitative estimate of drug-likeness (QED) is 0.0169. The van der Waals surface area contributed by atoms with Crippen molar-refractivity contribution in [2.24, 2.45) is 5.92 Å². The lowest BCUT2D eigenvalue weighted by Crippen LogP contribution is -2.30. The topological polar surface area (TPSA) is 237 Å².